The van der Waals surface area contributed by atoms with Gasteiger partial charge >= 0.3 is 0 Å². The summed E-state index contributed by atoms with van der Waals surface area (Å²) in [5, 5.41) is 1.24. The zero-order valence-electron chi connectivity index (χ0n) is 11.4. The molecular formula is C15H24N2S. The summed E-state index contributed by atoms with van der Waals surface area (Å²) in [7, 11) is 0. The Labute approximate surface area is 114 Å². The first-order valence-corrected chi connectivity index (χ1v) is 8.27. The molecule has 0 aromatic carbocycles. The van der Waals surface area contributed by atoms with E-state index in [9.17, 15) is 0 Å². The summed E-state index contributed by atoms with van der Waals surface area (Å²) in [4.78, 5) is 6.47. The molecule has 0 bridgehead atoms. The molecule has 2 nitrogen and oxygen atoms in total. The van der Waals surface area contributed by atoms with E-state index in [1.54, 1.807) is 0 Å². The van der Waals surface area contributed by atoms with E-state index < -0.39 is 0 Å². The molecule has 2 atom stereocenters. The van der Waals surface area contributed by atoms with E-state index >= 15 is 0 Å². The van der Waals surface area contributed by atoms with Crippen LogP contribution in [0, 0.1) is 5.92 Å². The van der Waals surface area contributed by atoms with Crippen LogP contribution in [-0.2, 0) is 18.4 Å². The molecule has 0 amide bonds. The third kappa shape index (κ3) is 2.35. The fraction of sp³-hybridized carbons (Fsp3) is 0.800. The monoisotopic (exact) mass is 264 g/mol. The van der Waals surface area contributed by atoms with Gasteiger partial charge in [0.05, 0.1) is 11.2 Å². The summed E-state index contributed by atoms with van der Waals surface area (Å²) in [5.74, 6) is 0.757. The molecule has 18 heavy (non-hydrogen) atoms. The van der Waals surface area contributed by atoms with Crippen LogP contribution >= 0.6 is 11.3 Å². The molecule has 0 radical (unpaired) electrons. The zero-order valence-corrected chi connectivity index (χ0v) is 12.2. The number of nitrogens with zero attached hydrogens (tertiary/aromatic N) is 1. The van der Waals surface area contributed by atoms with Gasteiger partial charge in [0, 0.05) is 4.88 Å². The molecule has 2 unspecified atom stereocenters. The molecule has 3 rings (SSSR count). The third-order valence-electron chi connectivity index (χ3n) is 4.55. The fourth-order valence-corrected chi connectivity index (χ4v) is 4.82. The lowest BCUT2D eigenvalue weighted by Gasteiger charge is -2.35. The molecule has 2 aliphatic carbocycles. The molecule has 0 spiro atoms. The number of hydrogen-bond acceptors (Lipinski definition) is 3. The highest BCUT2D eigenvalue weighted by molar-refractivity contribution is 7.11. The molecular weight excluding hydrogens is 240 g/mol. The molecule has 1 fully saturated rings. The molecule has 1 aromatic rings. The van der Waals surface area contributed by atoms with Gasteiger partial charge in [-0.2, -0.15) is 0 Å². The standard InChI is InChI=1S/C15H24N2S/c1-11-6-5-9-15(16,10-11)14-17-12-7-3-2-4-8-13(12)18-14/h11H,2-10,16H2,1H3. The molecule has 1 saturated carbocycles. The van der Waals surface area contributed by atoms with Crippen molar-refractivity contribution in [3.05, 3.63) is 15.6 Å². The third-order valence-corrected chi connectivity index (χ3v) is 5.93. The predicted molar refractivity (Wildman–Crippen MR) is 76.9 cm³/mol. The van der Waals surface area contributed by atoms with Gasteiger partial charge in [-0.25, -0.2) is 4.98 Å². The summed E-state index contributed by atoms with van der Waals surface area (Å²) in [6, 6.07) is 0. The van der Waals surface area contributed by atoms with Gasteiger partial charge in [-0.05, 0) is 44.4 Å². The minimum Gasteiger partial charge on any atom is -0.319 e. The number of thiazole rings is 1. The van der Waals surface area contributed by atoms with E-state index in [0.717, 1.165) is 18.8 Å². The molecule has 3 heteroatoms. The zero-order chi connectivity index (χ0) is 12.6. The van der Waals surface area contributed by atoms with E-state index in [4.69, 9.17) is 10.7 Å². The molecule has 2 N–H and O–H groups in total. The predicted octanol–water partition coefficient (Wildman–Crippen LogP) is 3.78. The second-order valence-corrected chi connectivity index (χ2v) is 7.39. The maximum absolute atomic E-state index is 6.67. The highest BCUT2D eigenvalue weighted by atomic mass is 32.1. The Morgan fingerprint density at radius 3 is 2.89 bits per heavy atom. The Bertz CT molecular complexity index is 403. The molecule has 0 aliphatic heterocycles. The van der Waals surface area contributed by atoms with E-state index in [-0.39, 0.29) is 5.54 Å². The topological polar surface area (TPSA) is 38.9 Å². The Balaban J connectivity index is 1.87. The fourth-order valence-electron chi connectivity index (χ4n) is 3.53. The molecule has 0 saturated heterocycles. The Kier molecular flexibility index (Phi) is 3.46. The van der Waals surface area contributed by atoms with Crippen molar-refractivity contribution < 1.29 is 0 Å². The average Bonchev–Trinajstić information content (AvgIpc) is 2.62. The highest BCUT2D eigenvalue weighted by Gasteiger charge is 2.36. The van der Waals surface area contributed by atoms with Crippen LogP contribution in [0.25, 0.3) is 0 Å². The van der Waals surface area contributed by atoms with Gasteiger partial charge in [0.15, 0.2) is 0 Å². The van der Waals surface area contributed by atoms with E-state index in [1.807, 2.05) is 11.3 Å². The van der Waals surface area contributed by atoms with Gasteiger partial charge in [-0.3, -0.25) is 0 Å². The lowest BCUT2D eigenvalue weighted by atomic mass is 9.77. The van der Waals surface area contributed by atoms with Crippen molar-refractivity contribution in [3.8, 4) is 0 Å². The van der Waals surface area contributed by atoms with Crippen LogP contribution in [0.4, 0.5) is 0 Å². The summed E-state index contributed by atoms with van der Waals surface area (Å²) < 4.78 is 0. The maximum atomic E-state index is 6.67. The Morgan fingerprint density at radius 1 is 1.22 bits per heavy atom. The van der Waals surface area contributed by atoms with Crippen molar-refractivity contribution in [3.63, 3.8) is 0 Å². The van der Waals surface area contributed by atoms with Gasteiger partial charge < -0.3 is 5.73 Å². The van der Waals surface area contributed by atoms with Gasteiger partial charge in [0.25, 0.3) is 0 Å². The highest BCUT2D eigenvalue weighted by Crippen LogP contribution is 2.41. The van der Waals surface area contributed by atoms with Crippen molar-refractivity contribution in [1.82, 2.24) is 4.98 Å². The van der Waals surface area contributed by atoms with Gasteiger partial charge in [-0.15, -0.1) is 11.3 Å². The lowest BCUT2D eigenvalue weighted by Crippen LogP contribution is -2.40. The van der Waals surface area contributed by atoms with Gasteiger partial charge in [0.1, 0.15) is 5.01 Å². The lowest BCUT2D eigenvalue weighted by molar-refractivity contribution is 0.238. The molecule has 2 aliphatic rings. The Morgan fingerprint density at radius 2 is 2.06 bits per heavy atom. The number of hydrogen-bond donors (Lipinski definition) is 1. The van der Waals surface area contributed by atoms with Crippen molar-refractivity contribution >= 4 is 11.3 Å². The van der Waals surface area contributed by atoms with Crippen LogP contribution in [0.3, 0.4) is 0 Å². The summed E-state index contributed by atoms with van der Waals surface area (Å²) in [6.07, 6.45) is 11.3. The largest absolute Gasteiger partial charge is 0.319 e. The van der Waals surface area contributed by atoms with Gasteiger partial charge in [0.2, 0.25) is 0 Å². The number of aryl methyl sites for hydroxylation is 2. The van der Waals surface area contributed by atoms with E-state index in [2.05, 4.69) is 6.92 Å². The summed E-state index contributed by atoms with van der Waals surface area (Å²) in [6.45, 7) is 2.33. The number of fused-ring (bicyclic) bond motifs is 1. The van der Waals surface area contributed by atoms with E-state index in [1.165, 1.54) is 60.5 Å². The number of nitrogens with two attached hydrogens (primary N) is 1. The minimum absolute atomic E-state index is 0.117. The van der Waals surface area contributed by atoms with Crippen molar-refractivity contribution in [2.24, 2.45) is 11.7 Å². The molecule has 1 heterocycles. The average molecular weight is 264 g/mol. The molecule has 100 valence electrons. The molecule has 1 aromatic heterocycles. The van der Waals surface area contributed by atoms with Crippen LogP contribution in [0.15, 0.2) is 0 Å². The first-order valence-electron chi connectivity index (χ1n) is 7.45. The van der Waals surface area contributed by atoms with E-state index in [0.29, 0.717) is 0 Å². The van der Waals surface area contributed by atoms with Crippen molar-refractivity contribution in [1.29, 1.82) is 0 Å². The Hall–Kier alpha value is -0.410. The second-order valence-electron chi connectivity index (χ2n) is 6.31. The van der Waals surface area contributed by atoms with Gasteiger partial charge in [-0.1, -0.05) is 26.2 Å². The number of rotatable bonds is 1. The first kappa shape index (κ1) is 12.6. The SMILES string of the molecule is CC1CCCC(N)(c2nc3c(s2)CCCCC3)C1. The van der Waals surface area contributed by atoms with Crippen molar-refractivity contribution in [2.75, 3.05) is 0 Å². The normalized spacial score (nSPS) is 32.9. The van der Waals surface area contributed by atoms with Crippen LogP contribution in [0.5, 0.6) is 0 Å². The van der Waals surface area contributed by atoms with Crippen LogP contribution in [-0.4, -0.2) is 4.98 Å². The second kappa shape index (κ2) is 4.93. The van der Waals surface area contributed by atoms with Crippen LogP contribution in [0.1, 0.15) is 67.4 Å². The first-order chi connectivity index (χ1) is 8.67. The summed E-state index contributed by atoms with van der Waals surface area (Å²) >= 11 is 1.92. The van der Waals surface area contributed by atoms with Crippen molar-refractivity contribution in [2.45, 2.75) is 70.3 Å². The van der Waals surface area contributed by atoms with Crippen LogP contribution in [0.2, 0.25) is 0 Å². The number of aromatic nitrogens is 1. The quantitative estimate of drug-likeness (QED) is 0.784. The van der Waals surface area contributed by atoms with Crippen LogP contribution < -0.4 is 5.73 Å². The maximum Gasteiger partial charge on any atom is 0.113 e. The smallest absolute Gasteiger partial charge is 0.113 e. The minimum atomic E-state index is -0.117. The summed E-state index contributed by atoms with van der Waals surface area (Å²) in [5.41, 5.74) is 7.92.